The molecule has 0 radical (unpaired) electrons. The molecule has 0 spiro atoms. The Labute approximate surface area is 220 Å². The summed E-state index contributed by atoms with van der Waals surface area (Å²) in [5, 5.41) is 5.56. The third kappa shape index (κ3) is 4.91. The molecule has 9 heteroatoms. The van der Waals surface area contributed by atoms with Crippen molar-refractivity contribution in [3.8, 4) is 11.3 Å². The summed E-state index contributed by atoms with van der Waals surface area (Å²) < 4.78 is 15.9. The molecule has 8 nitrogen and oxygen atoms in total. The van der Waals surface area contributed by atoms with Crippen LogP contribution >= 0.6 is 0 Å². The van der Waals surface area contributed by atoms with Crippen molar-refractivity contribution in [2.75, 3.05) is 18.8 Å². The molecule has 1 aliphatic heterocycles. The normalized spacial score (nSPS) is 15.5. The predicted octanol–water partition coefficient (Wildman–Crippen LogP) is 4.69. The van der Waals surface area contributed by atoms with Gasteiger partial charge in [-0.1, -0.05) is 42.5 Å². The van der Waals surface area contributed by atoms with E-state index in [4.69, 9.17) is 10.8 Å². The molecule has 1 fully saturated rings. The minimum Gasteiger partial charge on any atom is -0.383 e. The summed E-state index contributed by atoms with van der Waals surface area (Å²) in [6.45, 7) is 6.64. The Balaban J connectivity index is 1.39. The first kappa shape index (κ1) is 25.3. The second-order valence-corrected chi connectivity index (χ2v) is 9.64. The van der Waals surface area contributed by atoms with Crippen molar-refractivity contribution in [1.82, 2.24) is 24.6 Å². The summed E-state index contributed by atoms with van der Waals surface area (Å²) in [7, 11) is 0. The number of piperidine rings is 1. The topological polar surface area (TPSA) is 107 Å². The van der Waals surface area contributed by atoms with Crippen LogP contribution in [0.5, 0.6) is 0 Å². The van der Waals surface area contributed by atoms with E-state index in [-0.39, 0.29) is 29.7 Å². The van der Waals surface area contributed by atoms with Crippen LogP contribution in [0.15, 0.2) is 61.4 Å². The van der Waals surface area contributed by atoms with Gasteiger partial charge in [-0.15, -0.1) is 0 Å². The van der Waals surface area contributed by atoms with Crippen LogP contribution in [0.2, 0.25) is 0 Å². The Bertz CT molecular complexity index is 1530. The Kier molecular flexibility index (Phi) is 7.00. The lowest BCUT2D eigenvalue weighted by atomic mass is 9.99. The molecule has 5 rings (SSSR count). The number of hydrogen-bond acceptors (Lipinski definition) is 6. The Hall–Kier alpha value is -4.40. The first-order valence-corrected chi connectivity index (χ1v) is 12.6. The minimum atomic E-state index is -0.492. The van der Waals surface area contributed by atoms with Gasteiger partial charge in [0.25, 0.3) is 0 Å². The molecular weight excluding hydrogens is 483 g/mol. The molecule has 2 aromatic heterocycles. The number of carbonyl (C=O) groups excluding carboxylic acids is 2. The SMILES string of the molecule is C=CC(=O)N1CCCC(n2nc(-c3ccc(CCC(=O)c4cc(C)ccc4F)cc3)c3c(N)ncnc32)C1. The summed E-state index contributed by atoms with van der Waals surface area (Å²) >= 11 is 0. The molecule has 3 heterocycles. The van der Waals surface area contributed by atoms with Gasteiger partial charge in [0.15, 0.2) is 11.4 Å². The number of hydrogen-bond donors (Lipinski definition) is 1. The highest BCUT2D eigenvalue weighted by atomic mass is 19.1. The summed E-state index contributed by atoms with van der Waals surface area (Å²) in [5.41, 5.74) is 10.3. The monoisotopic (exact) mass is 512 g/mol. The lowest BCUT2D eigenvalue weighted by Crippen LogP contribution is -2.40. The van der Waals surface area contributed by atoms with Gasteiger partial charge in [0.1, 0.15) is 23.7 Å². The summed E-state index contributed by atoms with van der Waals surface area (Å²) in [6, 6.07) is 12.3. The lowest BCUT2D eigenvalue weighted by Gasteiger charge is -2.32. The summed E-state index contributed by atoms with van der Waals surface area (Å²) in [6.07, 6.45) is 5.16. The van der Waals surface area contributed by atoms with Crippen molar-refractivity contribution >= 4 is 28.5 Å². The molecule has 1 amide bonds. The van der Waals surface area contributed by atoms with Crippen LogP contribution in [-0.4, -0.2) is 49.4 Å². The largest absolute Gasteiger partial charge is 0.383 e. The van der Waals surface area contributed by atoms with Crippen LogP contribution in [-0.2, 0) is 11.2 Å². The van der Waals surface area contributed by atoms with Crippen LogP contribution in [0.3, 0.4) is 0 Å². The number of benzene rings is 2. The zero-order valence-electron chi connectivity index (χ0n) is 21.2. The molecule has 0 saturated carbocycles. The fourth-order valence-corrected chi connectivity index (χ4v) is 5.01. The van der Waals surface area contributed by atoms with Crippen LogP contribution in [0.4, 0.5) is 10.2 Å². The van der Waals surface area contributed by atoms with Gasteiger partial charge in [-0.2, -0.15) is 5.10 Å². The Morgan fingerprint density at radius 3 is 2.74 bits per heavy atom. The zero-order chi connectivity index (χ0) is 26.8. The highest BCUT2D eigenvalue weighted by Crippen LogP contribution is 2.34. The summed E-state index contributed by atoms with van der Waals surface area (Å²) in [5.74, 6) is -0.477. The second-order valence-electron chi connectivity index (χ2n) is 9.64. The third-order valence-electron chi connectivity index (χ3n) is 7.04. The molecule has 1 aliphatic rings. The number of fused-ring (bicyclic) bond motifs is 1. The van der Waals surface area contributed by atoms with Gasteiger partial charge in [0.05, 0.1) is 17.0 Å². The van der Waals surface area contributed by atoms with E-state index < -0.39 is 5.82 Å². The standard InChI is InChI=1S/C29H29FN6O2/c1-3-25(38)35-14-4-5-21(16-35)36-29-26(28(31)32-17-33-29)27(34-36)20-10-7-19(8-11-20)9-13-24(37)22-15-18(2)6-12-23(22)30/h3,6-8,10-12,15,17,21H,1,4-5,9,13-14,16H2,2H3,(H2,31,32,33). The maximum absolute atomic E-state index is 14.1. The van der Waals surface area contributed by atoms with Crippen LogP contribution in [0, 0.1) is 12.7 Å². The number of nitrogen functional groups attached to an aromatic ring is 1. The second kappa shape index (κ2) is 10.5. The molecule has 1 atom stereocenters. The number of rotatable bonds is 7. The van der Waals surface area contributed by atoms with Crippen LogP contribution in [0.1, 0.15) is 46.8 Å². The highest BCUT2D eigenvalue weighted by molar-refractivity contribution is 5.98. The van der Waals surface area contributed by atoms with Gasteiger partial charge in [-0.05, 0) is 50.0 Å². The van der Waals surface area contributed by atoms with E-state index in [2.05, 4.69) is 16.5 Å². The fourth-order valence-electron chi connectivity index (χ4n) is 5.01. The van der Waals surface area contributed by atoms with Gasteiger partial charge >= 0.3 is 0 Å². The van der Waals surface area contributed by atoms with Crippen molar-refractivity contribution in [1.29, 1.82) is 0 Å². The van der Waals surface area contributed by atoms with Gasteiger partial charge in [0.2, 0.25) is 5.91 Å². The maximum Gasteiger partial charge on any atom is 0.246 e. The van der Waals surface area contributed by atoms with E-state index in [1.165, 1.54) is 18.5 Å². The molecule has 1 saturated heterocycles. The van der Waals surface area contributed by atoms with Crippen molar-refractivity contribution < 1.29 is 14.0 Å². The van der Waals surface area contributed by atoms with Crippen molar-refractivity contribution in [3.63, 3.8) is 0 Å². The smallest absolute Gasteiger partial charge is 0.246 e. The average Bonchev–Trinajstić information content (AvgIpc) is 3.34. The van der Waals surface area contributed by atoms with Crippen LogP contribution in [0.25, 0.3) is 22.3 Å². The van der Waals surface area contributed by atoms with E-state index in [0.717, 1.165) is 29.5 Å². The van der Waals surface area contributed by atoms with Crippen molar-refractivity contribution in [3.05, 3.63) is 84.0 Å². The van der Waals surface area contributed by atoms with E-state index in [1.807, 2.05) is 35.9 Å². The molecule has 2 aromatic carbocycles. The number of ketones is 1. The Morgan fingerprint density at radius 2 is 1.97 bits per heavy atom. The molecule has 2 N–H and O–H groups in total. The highest BCUT2D eigenvalue weighted by Gasteiger charge is 2.28. The first-order chi connectivity index (χ1) is 18.4. The van der Waals surface area contributed by atoms with E-state index in [9.17, 15) is 14.0 Å². The number of anilines is 1. The van der Waals surface area contributed by atoms with E-state index >= 15 is 0 Å². The molecule has 38 heavy (non-hydrogen) atoms. The number of nitrogens with zero attached hydrogens (tertiary/aromatic N) is 5. The lowest BCUT2D eigenvalue weighted by molar-refractivity contribution is -0.127. The van der Waals surface area contributed by atoms with E-state index in [1.54, 1.807) is 17.0 Å². The third-order valence-corrected chi connectivity index (χ3v) is 7.04. The predicted molar refractivity (Wildman–Crippen MR) is 144 cm³/mol. The van der Waals surface area contributed by atoms with Crippen molar-refractivity contribution in [2.45, 2.75) is 38.6 Å². The van der Waals surface area contributed by atoms with Crippen LogP contribution < -0.4 is 5.73 Å². The number of halogens is 1. The number of carbonyl (C=O) groups is 2. The molecule has 0 aliphatic carbocycles. The van der Waals surface area contributed by atoms with Gasteiger partial charge in [-0.25, -0.2) is 19.0 Å². The molecule has 0 bridgehead atoms. The maximum atomic E-state index is 14.1. The fraction of sp³-hybridized carbons (Fsp3) is 0.276. The quantitative estimate of drug-likeness (QED) is 0.284. The number of aromatic nitrogens is 4. The molecule has 194 valence electrons. The summed E-state index contributed by atoms with van der Waals surface area (Å²) in [4.78, 5) is 35.2. The van der Waals surface area contributed by atoms with Gasteiger partial charge in [0, 0.05) is 25.1 Å². The van der Waals surface area contributed by atoms with E-state index in [0.29, 0.717) is 42.1 Å². The average molecular weight is 513 g/mol. The molecular formula is C29H29FN6O2. The first-order valence-electron chi connectivity index (χ1n) is 12.6. The number of Topliss-reactive ketones (excluding diaryl/α,β-unsaturated/α-hetero) is 1. The number of aryl methyl sites for hydroxylation is 2. The van der Waals surface area contributed by atoms with Gasteiger partial charge in [-0.3, -0.25) is 9.59 Å². The minimum absolute atomic E-state index is 0.0505. The molecule has 4 aromatic rings. The Morgan fingerprint density at radius 1 is 1.18 bits per heavy atom. The number of likely N-dealkylation sites (tertiary alicyclic amines) is 1. The number of nitrogens with two attached hydrogens (primary N) is 1. The zero-order valence-corrected chi connectivity index (χ0v) is 21.2. The van der Waals surface area contributed by atoms with Gasteiger partial charge < -0.3 is 10.6 Å². The van der Waals surface area contributed by atoms with Crippen molar-refractivity contribution in [2.24, 2.45) is 0 Å². The number of amides is 1. The molecule has 1 unspecified atom stereocenters.